The maximum Gasteiger partial charge on any atom is 0.231 e. The molecule has 0 aromatic carbocycles. The first-order chi connectivity index (χ1) is 6.48. The van der Waals surface area contributed by atoms with Crippen LogP contribution in [0.15, 0.2) is 11.1 Å². The lowest BCUT2D eigenvalue weighted by molar-refractivity contribution is 0.170. The zero-order valence-electron chi connectivity index (χ0n) is 8.10. The molecule has 1 aromatic heterocycles. The number of ether oxygens (including phenoxy) is 1. The minimum absolute atomic E-state index is 0.185. The number of aromatic nitrogens is 2. The number of hydrogen-bond acceptors (Lipinski definition) is 4. The largest absolute Gasteiger partial charge is 0.477 e. The Morgan fingerprint density at radius 2 is 2.36 bits per heavy atom. The average Bonchev–Trinajstić information content (AvgIpc) is 2.45. The molecule has 6 heteroatoms. The third-order valence-electron chi connectivity index (χ3n) is 2.15. The van der Waals surface area contributed by atoms with Crippen LogP contribution in [0.3, 0.4) is 0 Å². The van der Waals surface area contributed by atoms with Crippen LogP contribution in [0.25, 0.3) is 0 Å². The molecule has 78 valence electrons. The molecule has 1 aromatic rings. The van der Waals surface area contributed by atoms with Crippen molar-refractivity contribution in [2.45, 2.75) is 18.4 Å². The van der Waals surface area contributed by atoms with Gasteiger partial charge in [-0.1, -0.05) is 6.92 Å². The van der Waals surface area contributed by atoms with Gasteiger partial charge in [0, 0.05) is 12.2 Å². The highest BCUT2D eigenvalue weighted by atomic mass is 32.2. The molecule has 0 radical (unpaired) electrons. The van der Waals surface area contributed by atoms with Crippen molar-refractivity contribution in [3.05, 3.63) is 6.20 Å². The molecule has 1 unspecified atom stereocenters. The molecule has 0 saturated carbocycles. The van der Waals surface area contributed by atoms with Crippen molar-refractivity contribution in [1.29, 1.82) is 0 Å². The highest BCUT2D eigenvalue weighted by Gasteiger charge is 2.25. The van der Waals surface area contributed by atoms with Crippen LogP contribution in [-0.4, -0.2) is 31.1 Å². The molecule has 0 N–H and O–H groups in total. The molecule has 1 atom stereocenters. The number of sulfone groups is 1. The van der Waals surface area contributed by atoms with Crippen molar-refractivity contribution in [2.24, 2.45) is 5.92 Å². The standard InChI is InChI=1S/C8H12N2O3S/c1-6-4-10-8(13-5-6)7(3-9-10)14(2,11)12/h3,6H,4-5H2,1-2H3. The summed E-state index contributed by atoms with van der Waals surface area (Å²) in [6.07, 6.45) is 2.51. The number of hydrogen-bond donors (Lipinski definition) is 0. The number of fused-ring (bicyclic) bond motifs is 1. The van der Waals surface area contributed by atoms with E-state index < -0.39 is 9.84 Å². The summed E-state index contributed by atoms with van der Waals surface area (Å²) in [6.45, 7) is 3.30. The molecule has 14 heavy (non-hydrogen) atoms. The average molecular weight is 216 g/mol. The van der Waals surface area contributed by atoms with E-state index in [0.717, 1.165) is 6.26 Å². The van der Waals surface area contributed by atoms with Gasteiger partial charge in [-0.3, -0.25) is 0 Å². The number of nitrogens with zero attached hydrogens (tertiary/aromatic N) is 2. The summed E-state index contributed by atoms with van der Waals surface area (Å²) < 4.78 is 29.6. The summed E-state index contributed by atoms with van der Waals surface area (Å²) in [5.74, 6) is 0.750. The van der Waals surface area contributed by atoms with Crippen LogP contribution in [0.4, 0.5) is 0 Å². The normalized spacial score (nSPS) is 21.4. The van der Waals surface area contributed by atoms with Gasteiger partial charge in [0.05, 0.1) is 19.3 Å². The van der Waals surface area contributed by atoms with Gasteiger partial charge in [0.1, 0.15) is 4.90 Å². The smallest absolute Gasteiger partial charge is 0.231 e. The van der Waals surface area contributed by atoms with Gasteiger partial charge in [0.25, 0.3) is 0 Å². The van der Waals surface area contributed by atoms with Crippen LogP contribution in [0, 0.1) is 5.92 Å². The fourth-order valence-electron chi connectivity index (χ4n) is 1.46. The van der Waals surface area contributed by atoms with Crippen molar-refractivity contribution in [1.82, 2.24) is 9.78 Å². The van der Waals surface area contributed by atoms with Crippen LogP contribution >= 0.6 is 0 Å². The van der Waals surface area contributed by atoms with Crippen molar-refractivity contribution in [3.63, 3.8) is 0 Å². The maximum absolute atomic E-state index is 11.3. The van der Waals surface area contributed by atoms with Gasteiger partial charge in [-0.2, -0.15) is 5.10 Å². The first-order valence-corrected chi connectivity index (χ1v) is 6.26. The Kier molecular flexibility index (Phi) is 2.02. The lowest BCUT2D eigenvalue weighted by atomic mass is 10.2. The minimum Gasteiger partial charge on any atom is -0.477 e. The quantitative estimate of drug-likeness (QED) is 0.678. The Hall–Kier alpha value is -1.04. The summed E-state index contributed by atoms with van der Waals surface area (Å²) in [6, 6.07) is 0. The highest BCUT2D eigenvalue weighted by molar-refractivity contribution is 7.90. The molecule has 0 saturated heterocycles. The Balaban J connectivity index is 2.49. The van der Waals surface area contributed by atoms with E-state index in [1.54, 1.807) is 4.68 Å². The van der Waals surface area contributed by atoms with Crippen molar-refractivity contribution >= 4 is 9.84 Å². The first-order valence-electron chi connectivity index (χ1n) is 4.37. The van der Waals surface area contributed by atoms with Crippen LogP contribution in [0.2, 0.25) is 0 Å². The van der Waals surface area contributed by atoms with Crippen molar-refractivity contribution < 1.29 is 13.2 Å². The molecule has 2 heterocycles. The molecule has 5 nitrogen and oxygen atoms in total. The third kappa shape index (κ3) is 1.50. The molecule has 0 amide bonds. The van der Waals surface area contributed by atoms with E-state index in [0.29, 0.717) is 24.9 Å². The van der Waals surface area contributed by atoms with Crippen LogP contribution < -0.4 is 4.74 Å². The zero-order chi connectivity index (χ0) is 10.3. The van der Waals surface area contributed by atoms with Gasteiger partial charge in [-0.25, -0.2) is 13.1 Å². The monoisotopic (exact) mass is 216 g/mol. The molecule has 0 bridgehead atoms. The van der Waals surface area contributed by atoms with Crippen molar-refractivity contribution in [3.8, 4) is 5.88 Å². The summed E-state index contributed by atoms with van der Waals surface area (Å²) in [7, 11) is -3.23. The summed E-state index contributed by atoms with van der Waals surface area (Å²) in [5.41, 5.74) is 0. The SMILES string of the molecule is CC1COc2c(S(C)(=O)=O)cnn2C1. The summed E-state index contributed by atoms with van der Waals surface area (Å²) in [5, 5.41) is 3.99. The third-order valence-corrected chi connectivity index (χ3v) is 3.23. The van der Waals surface area contributed by atoms with E-state index in [1.807, 2.05) is 6.92 Å². The molecular weight excluding hydrogens is 204 g/mol. The lowest BCUT2D eigenvalue weighted by Gasteiger charge is -2.21. The van der Waals surface area contributed by atoms with Crippen molar-refractivity contribution in [2.75, 3.05) is 12.9 Å². The van der Waals surface area contributed by atoms with Gasteiger partial charge < -0.3 is 4.74 Å². The van der Waals surface area contributed by atoms with E-state index in [4.69, 9.17) is 4.74 Å². The highest BCUT2D eigenvalue weighted by Crippen LogP contribution is 2.27. The van der Waals surface area contributed by atoms with Gasteiger partial charge in [-0.05, 0) is 0 Å². The molecule has 1 aliphatic heterocycles. The Morgan fingerprint density at radius 3 is 3.00 bits per heavy atom. The molecule has 1 aliphatic rings. The first kappa shape index (κ1) is 9.51. The summed E-state index contributed by atoms with van der Waals surface area (Å²) >= 11 is 0. The second-order valence-electron chi connectivity index (χ2n) is 3.68. The van der Waals surface area contributed by atoms with Gasteiger partial charge in [0.2, 0.25) is 5.88 Å². The fourth-order valence-corrected chi connectivity index (χ4v) is 2.18. The fraction of sp³-hybridized carbons (Fsp3) is 0.625. The van der Waals surface area contributed by atoms with Gasteiger partial charge >= 0.3 is 0 Å². The van der Waals surface area contributed by atoms with E-state index in [1.165, 1.54) is 6.20 Å². The lowest BCUT2D eigenvalue weighted by Crippen LogP contribution is -2.24. The Labute approximate surface area is 82.6 Å². The molecule has 0 spiro atoms. The molecular formula is C8H12N2O3S. The molecule has 2 rings (SSSR count). The van der Waals surface area contributed by atoms with E-state index >= 15 is 0 Å². The van der Waals surface area contributed by atoms with Crippen LogP contribution in [0.5, 0.6) is 5.88 Å². The van der Waals surface area contributed by atoms with Crippen LogP contribution in [0.1, 0.15) is 6.92 Å². The predicted octanol–water partition coefficient (Wildman–Crippen LogP) is 0.315. The Morgan fingerprint density at radius 1 is 1.64 bits per heavy atom. The van der Waals surface area contributed by atoms with Gasteiger partial charge in [0.15, 0.2) is 9.84 Å². The van der Waals surface area contributed by atoms with Crippen LogP contribution in [-0.2, 0) is 16.4 Å². The van der Waals surface area contributed by atoms with Gasteiger partial charge in [-0.15, -0.1) is 0 Å². The number of rotatable bonds is 1. The maximum atomic E-state index is 11.3. The van der Waals surface area contributed by atoms with E-state index in [-0.39, 0.29) is 4.90 Å². The Bertz CT molecular complexity index is 449. The molecule has 0 aliphatic carbocycles. The topological polar surface area (TPSA) is 61.2 Å². The second-order valence-corrected chi connectivity index (χ2v) is 5.67. The predicted molar refractivity (Wildman–Crippen MR) is 50.0 cm³/mol. The molecule has 0 fully saturated rings. The summed E-state index contributed by atoms with van der Waals surface area (Å²) in [4.78, 5) is 0.185. The second kappa shape index (κ2) is 2.98. The van der Waals surface area contributed by atoms with E-state index in [9.17, 15) is 8.42 Å². The zero-order valence-corrected chi connectivity index (χ0v) is 8.91. The van der Waals surface area contributed by atoms with E-state index in [2.05, 4.69) is 5.10 Å². The minimum atomic E-state index is -3.23.